The maximum absolute atomic E-state index is 11.4. The predicted octanol–water partition coefficient (Wildman–Crippen LogP) is -1.02. The van der Waals surface area contributed by atoms with Crippen LogP contribution >= 0.6 is 0 Å². The topological polar surface area (TPSA) is 93.1 Å². The molecule has 1 saturated heterocycles. The quantitative estimate of drug-likeness (QED) is 0.552. The average Bonchev–Trinajstić information content (AvgIpc) is 2.26. The van der Waals surface area contributed by atoms with Crippen molar-refractivity contribution in [2.45, 2.75) is 0 Å². The minimum Gasteiger partial charge on any atom is -0.465 e. The molecule has 86 valence electrons. The summed E-state index contributed by atoms with van der Waals surface area (Å²) in [5, 5.41) is 19.7. The number of carbonyl (C=O) groups excluding carboxylic acids is 1. The zero-order valence-electron chi connectivity index (χ0n) is 8.35. The summed E-state index contributed by atoms with van der Waals surface area (Å²) in [6, 6.07) is -0.255. The van der Waals surface area contributed by atoms with Crippen LogP contribution < -0.4 is 5.32 Å². The Bertz CT molecular complexity index is 238. The molecular formula is C8H15N3O4. The van der Waals surface area contributed by atoms with E-state index in [0.717, 1.165) is 0 Å². The number of nitrogens with one attached hydrogen (secondary N) is 1. The summed E-state index contributed by atoms with van der Waals surface area (Å²) in [4.78, 5) is 24.8. The van der Waals surface area contributed by atoms with Crippen LogP contribution in [0, 0.1) is 0 Å². The molecule has 0 aliphatic carbocycles. The van der Waals surface area contributed by atoms with Gasteiger partial charge >= 0.3 is 12.1 Å². The lowest BCUT2D eigenvalue weighted by Crippen LogP contribution is -2.53. The van der Waals surface area contributed by atoms with E-state index in [-0.39, 0.29) is 19.2 Å². The molecule has 0 aromatic heterocycles. The van der Waals surface area contributed by atoms with E-state index < -0.39 is 6.09 Å². The van der Waals surface area contributed by atoms with Gasteiger partial charge in [-0.25, -0.2) is 9.59 Å². The Morgan fingerprint density at radius 1 is 1.13 bits per heavy atom. The number of carboxylic acid groups (broad SMARTS) is 1. The normalized spacial score (nSPS) is 16.3. The zero-order valence-corrected chi connectivity index (χ0v) is 8.35. The molecule has 0 aromatic rings. The number of aliphatic hydroxyl groups is 1. The summed E-state index contributed by atoms with van der Waals surface area (Å²) in [5.74, 6) is 0. The summed E-state index contributed by atoms with van der Waals surface area (Å²) >= 11 is 0. The Hall–Kier alpha value is -1.50. The van der Waals surface area contributed by atoms with Gasteiger partial charge in [0, 0.05) is 32.7 Å². The summed E-state index contributed by atoms with van der Waals surface area (Å²) in [7, 11) is 0. The maximum atomic E-state index is 11.4. The lowest BCUT2D eigenvalue weighted by molar-refractivity contribution is 0.111. The van der Waals surface area contributed by atoms with Crippen molar-refractivity contribution >= 4 is 12.1 Å². The first-order valence-corrected chi connectivity index (χ1v) is 4.76. The molecule has 0 spiro atoms. The number of piperazine rings is 1. The summed E-state index contributed by atoms with van der Waals surface area (Å²) in [6.07, 6.45) is -0.953. The molecule has 0 bridgehead atoms. The number of aliphatic hydroxyl groups excluding tert-OH is 1. The Kier molecular flexibility index (Phi) is 4.17. The minimum absolute atomic E-state index is 0.0964. The molecule has 7 nitrogen and oxygen atoms in total. The van der Waals surface area contributed by atoms with Gasteiger partial charge in [-0.2, -0.15) is 0 Å². The number of urea groups is 1. The minimum atomic E-state index is -0.953. The van der Waals surface area contributed by atoms with E-state index in [1.165, 1.54) is 9.80 Å². The first-order chi connectivity index (χ1) is 7.15. The van der Waals surface area contributed by atoms with Gasteiger partial charge in [0.25, 0.3) is 0 Å². The molecule has 1 heterocycles. The Labute approximate surface area is 87.3 Å². The van der Waals surface area contributed by atoms with Gasteiger partial charge in [0.1, 0.15) is 0 Å². The maximum Gasteiger partial charge on any atom is 0.407 e. The van der Waals surface area contributed by atoms with Crippen LogP contribution in [0.25, 0.3) is 0 Å². The number of carbonyl (C=O) groups is 2. The number of hydrogen-bond donors (Lipinski definition) is 3. The standard InChI is InChI=1S/C8H15N3O4/c12-6-1-9-7(13)10-2-4-11(5-3-10)8(14)15/h12H,1-6H2,(H,9,13)(H,14,15). The molecular weight excluding hydrogens is 202 g/mol. The molecule has 0 atom stereocenters. The third-order valence-electron chi connectivity index (χ3n) is 2.23. The second-order valence-electron chi connectivity index (χ2n) is 3.21. The highest BCUT2D eigenvalue weighted by Gasteiger charge is 2.23. The third kappa shape index (κ3) is 3.28. The number of hydrogen-bond acceptors (Lipinski definition) is 3. The lowest BCUT2D eigenvalue weighted by atomic mass is 10.3. The van der Waals surface area contributed by atoms with Crippen LogP contribution in [0.15, 0.2) is 0 Å². The fraction of sp³-hybridized carbons (Fsp3) is 0.750. The van der Waals surface area contributed by atoms with Crippen molar-refractivity contribution in [1.82, 2.24) is 15.1 Å². The van der Waals surface area contributed by atoms with Crippen molar-refractivity contribution in [2.75, 3.05) is 39.3 Å². The van der Waals surface area contributed by atoms with E-state index in [1.54, 1.807) is 0 Å². The van der Waals surface area contributed by atoms with Crippen LogP contribution in [0.1, 0.15) is 0 Å². The van der Waals surface area contributed by atoms with Crippen LogP contribution in [-0.4, -0.2) is 71.5 Å². The van der Waals surface area contributed by atoms with Gasteiger partial charge in [-0.15, -0.1) is 0 Å². The van der Waals surface area contributed by atoms with Gasteiger partial charge in [0.05, 0.1) is 6.61 Å². The van der Waals surface area contributed by atoms with Crippen LogP contribution in [-0.2, 0) is 0 Å². The summed E-state index contributed by atoms with van der Waals surface area (Å²) in [6.45, 7) is 1.58. The van der Waals surface area contributed by atoms with Gasteiger partial charge < -0.3 is 25.3 Å². The molecule has 0 aromatic carbocycles. The molecule has 1 fully saturated rings. The molecule has 1 aliphatic heterocycles. The molecule has 1 rings (SSSR count). The van der Waals surface area contributed by atoms with E-state index in [2.05, 4.69) is 5.32 Å². The van der Waals surface area contributed by atoms with Gasteiger partial charge in [-0.1, -0.05) is 0 Å². The fourth-order valence-corrected chi connectivity index (χ4v) is 1.38. The van der Waals surface area contributed by atoms with Crippen molar-refractivity contribution in [2.24, 2.45) is 0 Å². The van der Waals surface area contributed by atoms with Crippen LogP contribution in [0.5, 0.6) is 0 Å². The van der Waals surface area contributed by atoms with Crippen molar-refractivity contribution in [3.05, 3.63) is 0 Å². The van der Waals surface area contributed by atoms with Crippen LogP contribution in [0.3, 0.4) is 0 Å². The van der Waals surface area contributed by atoms with Crippen molar-refractivity contribution in [3.8, 4) is 0 Å². The largest absolute Gasteiger partial charge is 0.465 e. The lowest BCUT2D eigenvalue weighted by Gasteiger charge is -2.32. The van der Waals surface area contributed by atoms with Gasteiger partial charge in [-0.05, 0) is 0 Å². The van der Waals surface area contributed by atoms with E-state index in [0.29, 0.717) is 26.2 Å². The van der Waals surface area contributed by atoms with E-state index >= 15 is 0 Å². The Morgan fingerprint density at radius 2 is 1.67 bits per heavy atom. The highest BCUT2D eigenvalue weighted by molar-refractivity contribution is 5.74. The van der Waals surface area contributed by atoms with E-state index in [1.807, 2.05) is 0 Å². The number of amides is 3. The molecule has 3 amide bonds. The average molecular weight is 217 g/mol. The predicted molar refractivity (Wildman–Crippen MR) is 51.7 cm³/mol. The second-order valence-corrected chi connectivity index (χ2v) is 3.21. The van der Waals surface area contributed by atoms with E-state index in [9.17, 15) is 9.59 Å². The number of nitrogens with zero attached hydrogens (tertiary/aromatic N) is 2. The van der Waals surface area contributed by atoms with Crippen LogP contribution in [0.4, 0.5) is 9.59 Å². The van der Waals surface area contributed by atoms with Crippen molar-refractivity contribution in [3.63, 3.8) is 0 Å². The zero-order chi connectivity index (χ0) is 11.3. The van der Waals surface area contributed by atoms with Gasteiger partial charge in [0.15, 0.2) is 0 Å². The van der Waals surface area contributed by atoms with E-state index in [4.69, 9.17) is 10.2 Å². The monoisotopic (exact) mass is 217 g/mol. The SMILES string of the molecule is O=C(O)N1CCN(C(=O)NCCO)CC1. The molecule has 0 unspecified atom stereocenters. The smallest absolute Gasteiger partial charge is 0.407 e. The van der Waals surface area contributed by atoms with Gasteiger partial charge in [-0.3, -0.25) is 0 Å². The third-order valence-corrected chi connectivity index (χ3v) is 2.23. The fourth-order valence-electron chi connectivity index (χ4n) is 1.38. The Balaban J connectivity index is 2.30. The van der Waals surface area contributed by atoms with Crippen molar-refractivity contribution in [1.29, 1.82) is 0 Å². The molecule has 0 saturated carbocycles. The summed E-state index contributed by atoms with van der Waals surface area (Å²) < 4.78 is 0. The first kappa shape index (κ1) is 11.6. The first-order valence-electron chi connectivity index (χ1n) is 4.76. The molecule has 3 N–H and O–H groups in total. The molecule has 15 heavy (non-hydrogen) atoms. The Morgan fingerprint density at radius 3 is 2.13 bits per heavy atom. The van der Waals surface area contributed by atoms with Crippen molar-refractivity contribution < 1.29 is 19.8 Å². The highest BCUT2D eigenvalue weighted by atomic mass is 16.4. The number of rotatable bonds is 2. The second kappa shape index (κ2) is 5.40. The summed E-state index contributed by atoms with van der Waals surface area (Å²) in [5.41, 5.74) is 0. The molecule has 7 heteroatoms. The molecule has 0 radical (unpaired) electrons. The van der Waals surface area contributed by atoms with Gasteiger partial charge in [0.2, 0.25) is 0 Å². The molecule has 1 aliphatic rings. The van der Waals surface area contributed by atoms with Crippen LogP contribution in [0.2, 0.25) is 0 Å². The highest BCUT2D eigenvalue weighted by Crippen LogP contribution is 2.01.